The molecule has 1 amide bonds. The first-order valence-corrected chi connectivity index (χ1v) is 4.99. The number of carbonyl (C=O) groups is 1. The summed E-state index contributed by atoms with van der Waals surface area (Å²) in [4.78, 5) is 17.6. The van der Waals surface area contributed by atoms with Crippen molar-refractivity contribution >= 4 is 17.7 Å². The molecule has 1 rings (SSSR count). The van der Waals surface area contributed by atoms with Crippen LogP contribution in [0.15, 0.2) is 6.07 Å². The number of alkyl halides is 3. The molecule has 0 saturated carbocycles. The standard InChI is InChI=1S/C9H12F3N5O/c1-14-7(18)2-3-15-6-4-5(9(10,11)12)16-8(13)17-6/h4H,2-3H2,1H3,(H,14,18)(H3,13,15,16,17). The zero-order valence-electron chi connectivity index (χ0n) is 9.51. The Bertz CT molecular complexity index is 435. The number of nitrogens with one attached hydrogen (secondary N) is 2. The quantitative estimate of drug-likeness (QED) is 0.740. The molecule has 4 N–H and O–H groups in total. The Hall–Kier alpha value is -2.06. The number of halogens is 3. The molecule has 9 heteroatoms. The van der Waals surface area contributed by atoms with E-state index in [-0.39, 0.29) is 24.7 Å². The van der Waals surface area contributed by atoms with Gasteiger partial charge in [-0.3, -0.25) is 4.79 Å². The first-order valence-electron chi connectivity index (χ1n) is 4.99. The number of anilines is 2. The van der Waals surface area contributed by atoms with E-state index in [0.717, 1.165) is 6.07 Å². The van der Waals surface area contributed by atoms with Crippen LogP contribution in [0.2, 0.25) is 0 Å². The lowest BCUT2D eigenvalue weighted by Crippen LogP contribution is -2.21. The summed E-state index contributed by atoms with van der Waals surface area (Å²) >= 11 is 0. The lowest BCUT2D eigenvalue weighted by Gasteiger charge is -2.09. The Balaban J connectivity index is 2.72. The van der Waals surface area contributed by atoms with E-state index in [2.05, 4.69) is 20.6 Å². The second-order valence-electron chi connectivity index (χ2n) is 3.34. The van der Waals surface area contributed by atoms with Gasteiger partial charge in [-0.25, -0.2) is 4.98 Å². The fraction of sp³-hybridized carbons (Fsp3) is 0.444. The minimum atomic E-state index is -4.59. The highest BCUT2D eigenvalue weighted by molar-refractivity contribution is 5.76. The summed E-state index contributed by atoms with van der Waals surface area (Å²) in [7, 11) is 1.47. The number of hydrogen-bond acceptors (Lipinski definition) is 5. The van der Waals surface area contributed by atoms with Gasteiger partial charge in [0.15, 0.2) is 5.69 Å². The fourth-order valence-corrected chi connectivity index (χ4v) is 1.13. The van der Waals surface area contributed by atoms with Crippen LogP contribution in [-0.4, -0.2) is 29.5 Å². The van der Waals surface area contributed by atoms with Gasteiger partial charge in [0.05, 0.1) is 0 Å². The normalized spacial score (nSPS) is 11.1. The molecule has 100 valence electrons. The maximum absolute atomic E-state index is 12.4. The van der Waals surface area contributed by atoms with Crippen molar-refractivity contribution in [2.45, 2.75) is 12.6 Å². The van der Waals surface area contributed by atoms with Gasteiger partial charge in [0.1, 0.15) is 5.82 Å². The van der Waals surface area contributed by atoms with E-state index < -0.39 is 17.8 Å². The lowest BCUT2D eigenvalue weighted by atomic mass is 10.3. The molecule has 0 fully saturated rings. The van der Waals surface area contributed by atoms with Gasteiger partial charge >= 0.3 is 6.18 Å². The second-order valence-corrected chi connectivity index (χ2v) is 3.34. The summed E-state index contributed by atoms with van der Waals surface area (Å²) < 4.78 is 37.2. The first kappa shape index (κ1) is 14.0. The van der Waals surface area contributed by atoms with Crippen LogP contribution in [0.25, 0.3) is 0 Å². The van der Waals surface area contributed by atoms with E-state index in [1.54, 1.807) is 0 Å². The van der Waals surface area contributed by atoms with Crippen molar-refractivity contribution in [2.24, 2.45) is 0 Å². The third-order valence-electron chi connectivity index (χ3n) is 1.97. The summed E-state index contributed by atoms with van der Waals surface area (Å²) in [5, 5.41) is 4.95. The summed E-state index contributed by atoms with van der Waals surface area (Å²) in [6.07, 6.45) is -4.48. The molecule has 0 aliphatic carbocycles. The van der Waals surface area contributed by atoms with Crippen LogP contribution in [0, 0.1) is 0 Å². The average Bonchev–Trinajstić information content (AvgIpc) is 2.27. The third kappa shape index (κ3) is 4.07. The molecule has 0 aliphatic rings. The number of carbonyl (C=O) groups excluding carboxylic acids is 1. The van der Waals surface area contributed by atoms with Gasteiger partial charge in [0.25, 0.3) is 0 Å². The van der Waals surface area contributed by atoms with Crippen LogP contribution >= 0.6 is 0 Å². The van der Waals surface area contributed by atoms with E-state index in [1.165, 1.54) is 7.05 Å². The molecule has 0 atom stereocenters. The summed E-state index contributed by atoms with van der Waals surface area (Å²) in [6.45, 7) is 0.146. The highest BCUT2D eigenvalue weighted by Gasteiger charge is 2.33. The minimum absolute atomic E-state index is 0.0706. The highest BCUT2D eigenvalue weighted by atomic mass is 19.4. The molecule has 6 nitrogen and oxygen atoms in total. The molecule has 0 radical (unpaired) electrons. The molecule has 0 bridgehead atoms. The molecule has 0 aliphatic heterocycles. The highest BCUT2D eigenvalue weighted by Crippen LogP contribution is 2.29. The number of nitrogens with zero attached hydrogens (tertiary/aromatic N) is 2. The predicted octanol–water partition coefficient (Wildman–Crippen LogP) is 0.626. The molecule has 1 aromatic rings. The Morgan fingerprint density at radius 1 is 1.44 bits per heavy atom. The third-order valence-corrected chi connectivity index (χ3v) is 1.97. The maximum atomic E-state index is 12.4. The first-order chi connectivity index (χ1) is 8.32. The van der Waals surface area contributed by atoms with Gasteiger partial charge in [-0.05, 0) is 0 Å². The molecule has 0 aromatic carbocycles. The van der Waals surface area contributed by atoms with E-state index in [9.17, 15) is 18.0 Å². The van der Waals surface area contributed by atoms with Crippen LogP contribution in [0.5, 0.6) is 0 Å². The molecule has 0 saturated heterocycles. The molecule has 18 heavy (non-hydrogen) atoms. The minimum Gasteiger partial charge on any atom is -0.369 e. The number of rotatable bonds is 4. The molecular formula is C9H12F3N5O. The van der Waals surface area contributed by atoms with E-state index in [0.29, 0.717) is 0 Å². The summed E-state index contributed by atoms with van der Waals surface area (Å²) in [5.74, 6) is -0.786. The summed E-state index contributed by atoms with van der Waals surface area (Å²) in [6, 6.07) is 0.736. The van der Waals surface area contributed by atoms with Crippen molar-refractivity contribution in [2.75, 3.05) is 24.6 Å². The monoisotopic (exact) mass is 263 g/mol. The number of amides is 1. The second kappa shape index (κ2) is 5.52. The Kier molecular flexibility index (Phi) is 4.29. The SMILES string of the molecule is CNC(=O)CCNc1cc(C(F)(F)F)nc(N)n1. The topological polar surface area (TPSA) is 92.9 Å². The van der Waals surface area contributed by atoms with E-state index in [4.69, 9.17) is 5.73 Å². The smallest absolute Gasteiger partial charge is 0.369 e. The van der Waals surface area contributed by atoms with Crippen LogP contribution in [-0.2, 0) is 11.0 Å². The van der Waals surface area contributed by atoms with Crippen molar-refractivity contribution in [3.63, 3.8) is 0 Å². The van der Waals surface area contributed by atoms with Gasteiger partial charge in [-0.2, -0.15) is 18.2 Å². The van der Waals surface area contributed by atoms with Crippen molar-refractivity contribution < 1.29 is 18.0 Å². The van der Waals surface area contributed by atoms with Crippen LogP contribution < -0.4 is 16.4 Å². The van der Waals surface area contributed by atoms with Gasteiger partial charge in [0, 0.05) is 26.1 Å². The number of nitrogens with two attached hydrogens (primary N) is 1. The fourth-order valence-electron chi connectivity index (χ4n) is 1.13. The largest absolute Gasteiger partial charge is 0.433 e. The van der Waals surface area contributed by atoms with Crippen LogP contribution in [0.3, 0.4) is 0 Å². The van der Waals surface area contributed by atoms with Gasteiger partial charge < -0.3 is 16.4 Å². The lowest BCUT2D eigenvalue weighted by molar-refractivity contribution is -0.141. The predicted molar refractivity (Wildman–Crippen MR) is 58.6 cm³/mol. The number of nitrogen functional groups attached to an aromatic ring is 1. The van der Waals surface area contributed by atoms with Crippen molar-refractivity contribution in [3.05, 3.63) is 11.8 Å². The molecular weight excluding hydrogens is 251 g/mol. The summed E-state index contributed by atoms with van der Waals surface area (Å²) in [5.41, 5.74) is 4.04. The zero-order chi connectivity index (χ0) is 13.8. The maximum Gasteiger partial charge on any atom is 0.433 e. The number of aromatic nitrogens is 2. The molecule has 1 aromatic heterocycles. The average molecular weight is 263 g/mol. The van der Waals surface area contributed by atoms with Gasteiger partial charge in [-0.15, -0.1) is 0 Å². The molecule has 1 heterocycles. The van der Waals surface area contributed by atoms with Gasteiger partial charge in [0.2, 0.25) is 11.9 Å². The van der Waals surface area contributed by atoms with E-state index in [1.807, 2.05) is 0 Å². The van der Waals surface area contributed by atoms with Crippen LogP contribution in [0.4, 0.5) is 24.9 Å². The Morgan fingerprint density at radius 2 is 2.11 bits per heavy atom. The zero-order valence-corrected chi connectivity index (χ0v) is 9.51. The Morgan fingerprint density at radius 3 is 2.67 bits per heavy atom. The van der Waals surface area contributed by atoms with Crippen molar-refractivity contribution in [3.8, 4) is 0 Å². The number of hydrogen-bond donors (Lipinski definition) is 3. The Labute approximate surface area is 101 Å². The van der Waals surface area contributed by atoms with Gasteiger partial charge in [-0.1, -0.05) is 0 Å². The van der Waals surface area contributed by atoms with E-state index >= 15 is 0 Å². The molecule has 0 unspecified atom stereocenters. The van der Waals surface area contributed by atoms with Crippen LogP contribution in [0.1, 0.15) is 12.1 Å². The van der Waals surface area contributed by atoms with Crippen molar-refractivity contribution in [1.29, 1.82) is 0 Å². The van der Waals surface area contributed by atoms with Crippen molar-refractivity contribution in [1.82, 2.24) is 15.3 Å². The molecule has 0 spiro atoms.